The molecule has 1 aliphatic rings. The molecule has 1 fully saturated rings. The van der Waals surface area contributed by atoms with Crippen molar-refractivity contribution in [2.45, 2.75) is 66.0 Å². The van der Waals surface area contributed by atoms with E-state index in [1.54, 1.807) is 0 Å². The molecular weight excluding hydrogens is 402 g/mol. The SMILES string of the molecule is CCNC(=NCc1cccc(COC(C)C)c1)NCc1ccc(C)cc1OC1CCOC1. The predicted molar refractivity (Wildman–Crippen MR) is 129 cm³/mol. The minimum Gasteiger partial charge on any atom is -0.488 e. The standard InChI is InChI=1S/C26H37N3O3/c1-5-27-26(28-15-21-7-6-8-22(14-21)17-31-19(2)3)29-16-23-10-9-20(4)13-25(23)32-24-11-12-30-18-24/h6-10,13-14,19,24H,5,11-12,15-18H2,1-4H3,(H2,27,28,29). The fourth-order valence-corrected chi connectivity index (χ4v) is 3.47. The molecule has 0 aromatic heterocycles. The van der Waals surface area contributed by atoms with Crippen LogP contribution in [-0.2, 0) is 29.2 Å². The lowest BCUT2D eigenvalue weighted by Gasteiger charge is -2.18. The van der Waals surface area contributed by atoms with E-state index >= 15 is 0 Å². The zero-order valence-corrected chi connectivity index (χ0v) is 19.8. The van der Waals surface area contributed by atoms with E-state index < -0.39 is 0 Å². The number of benzene rings is 2. The van der Waals surface area contributed by atoms with Gasteiger partial charge in [0.2, 0.25) is 0 Å². The number of aryl methyl sites for hydroxylation is 1. The van der Waals surface area contributed by atoms with Crippen LogP contribution >= 0.6 is 0 Å². The van der Waals surface area contributed by atoms with E-state index in [0.29, 0.717) is 26.3 Å². The van der Waals surface area contributed by atoms with Crippen LogP contribution in [0.25, 0.3) is 0 Å². The Bertz CT molecular complexity index is 876. The Morgan fingerprint density at radius 3 is 2.75 bits per heavy atom. The maximum Gasteiger partial charge on any atom is 0.191 e. The van der Waals surface area contributed by atoms with Crippen LogP contribution in [0.15, 0.2) is 47.5 Å². The second-order valence-corrected chi connectivity index (χ2v) is 8.44. The second kappa shape index (κ2) is 12.5. The van der Waals surface area contributed by atoms with Crippen molar-refractivity contribution in [3.05, 3.63) is 64.7 Å². The normalized spacial score (nSPS) is 16.4. The predicted octanol–water partition coefficient (Wildman–Crippen LogP) is 4.34. The summed E-state index contributed by atoms with van der Waals surface area (Å²) in [5, 5.41) is 6.78. The highest BCUT2D eigenvalue weighted by atomic mass is 16.5. The minimum atomic E-state index is 0.129. The first-order valence-corrected chi connectivity index (χ1v) is 11.6. The Labute approximate surface area is 192 Å². The van der Waals surface area contributed by atoms with Crippen molar-refractivity contribution in [2.24, 2.45) is 4.99 Å². The van der Waals surface area contributed by atoms with Crippen molar-refractivity contribution < 1.29 is 14.2 Å². The van der Waals surface area contributed by atoms with Crippen LogP contribution in [0.4, 0.5) is 0 Å². The number of hydrogen-bond donors (Lipinski definition) is 2. The Morgan fingerprint density at radius 2 is 2.00 bits per heavy atom. The summed E-state index contributed by atoms with van der Waals surface area (Å²) >= 11 is 0. The van der Waals surface area contributed by atoms with E-state index in [1.807, 2.05) is 0 Å². The van der Waals surface area contributed by atoms with Gasteiger partial charge in [0.15, 0.2) is 5.96 Å². The van der Waals surface area contributed by atoms with Gasteiger partial charge >= 0.3 is 0 Å². The van der Waals surface area contributed by atoms with Crippen molar-refractivity contribution >= 4 is 5.96 Å². The molecule has 2 N–H and O–H groups in total. The smallest absolute Gasteiger partial charge is 0.191 e. The first kappa shape index (κ1) is 24.1. The topological polar surface area (TPSA) is 64.1 Å². The summed E-state index contributed by atoms with van der Waals surface area (Å²) < 4.78 is 17.4. The van der Waals surface area contributed by atoms with Crippen LogP contribution in [0.3, 0.4) is 0 Å². The van der Waals surface area contributed by atoms with Gasteiger partial charge in [-0.1, -0.05) is 36.4 Å². The molecule has 0 spiro atoms. The molecule has 0 aliphatic carbocycles. The molecule has 0 bridgehead atoms. The van der Waals surface area contributed by atoms with E-state index in [4.69, 9.17) is 19.2 Å². The van der Waals surface area contributed by atoms with Gasteiger partial charge in [-0.2, -0.15) is 0 Å². The lowest BCUT2D eigenvalue weighted by atomic mass is 10.1. The third kappa shape index (κ3) is 7.84. The number of rotatable bonds is 10. The van der Waals surface area contributed by atoms with Crippen molar-refractivity contribution in [1.82, 2.24) is 10.6 Å². The van der Waals surface area contributed by atoms with Crippen molar-refractivity contribution in [3.63, 3.8) is 0 Å². The van der Waals surface area contributed by atoms with Gasteiger partial charge in [-0.25, -0.2) is 4.99 Å². The molecule has 0 amide bonds. The van der Waals surface area contributed by atoms with Crippen molar-refractivity contribution in [3.8, 4) is 5.75 Å². The number of ether oxygens (including phenoxy) is 3. The maximum atomic E-state index is 6.22. The van der Waals surface area contributed by atoms with Crippen LogP contribution in [-0.4, -0.2) is 37.9 Å². The van der Waals surface area contributed by atoms with E-state index in [-0.39, 0.29) is 12.2 Å². The van der Waals surface area contributed by atoms with Gasteiger partial charge in [-0.15, -0.1) is 0 Å². The van der Waals surface area contributed by atoms with Crippen molar-refractivity contribution in [2.75, 3.05) is 19.8 Å². The Hall–Kier alpha value is -2.57. The van der Waals surface area contributed by atoms with Gasteiger partial charge in [-0.05, 0) is 50.5 Å². The number of guanidine groups is 1. The molecule has 6 heteroatoms. The minimum absolute atomic E-state index is 0.129. The lowest BCUT2D eigenvalue weighted by Crippen LogP contribution is -2.37. The highest BCUT2D eigenvalue weighted by Gasteiger charge is 2.18. The Morgan fingerprint density at radius 1 is 1.16 bits per heavy atom. The van der Waals surface area contributed by atoms with Crippen LogP contribution in [0.2, 0.25) is 0 Å². The van der Waals surface area contributed by atoms with Gasteiger partial charge in [0.05, 0.1) is 32.5 Å². The molecule has 2 aromatic carbocycles. The molecule has 2 aromatic rings. The lowest BCUT2D eigenvalue weighted by molar-refractivity contribution is 0.0657. The van der Waals surface area contributed by atoms with Crippen molar-refractivity contribution in [1.29, 1.82) is 0 Å². The molecule has 0 saturated carbocycles. The van der Waals surface area contributed by atoms with E-state index in [0.717, 1.165) is 42.4 Å². The van der Waals surface area contributed by atoms with Gasteiger partial charge in [0, 0.05) is 25.1 Å². The first-order valence-electron chi connectivity index (χ1n) is 11.6. The van der Waals surface area contributed by atoms with E-state index in [1.165, 1.54) is 11.1 Å². The highest BCUT2D eigenvalue weighted by Crippen LogP contribution is 2.23. The largest absolute Gasteiger partial charge is 0.488 e. The summed E-state index contributed by atoms with van der Waals surface area (Å²) in [4.78, 5) is 4.78. The zero-order valence-electron chi connectivity index (χ0n) is 19.8. The Kier molecular flexibility index (Phi) is 9.38. The van der Waals surface area contributed by atoms with E-state index in [2.05, 4.69) is 80.8 Å². The number of nitrogens with zero attached hydrogens (tertiary/aromatic N) is 1. The molecule has 1 unspecified atom stereocenters. The average Bonchev–Trinajstić information content (AvgIpc) is 3.29. The molecule has 1 aliphatic heterocycles. The van der Waals surface area contributed by atoms with E-state index in [9.17, 15) is 0 Å². The maximum absolute atomic E-state index is 6.22. The van der Waals surface area contributed by atoms with Crippen LogP contribution < -0.4 is 15.4 Å². The fraction of sp³-hybridized carbons (Fsp3) is 0.500. The van der Waals surface area contributed by atoms with Crippen LogP contribution in [0.1, 0.15) is 49.4 Å². The summed E-state index contributed by atoms with van der Waals surface area (Å²) in [7, 11) is 0. The number of hydrogen-bond acceptors (Lipinski definition) is 4. The van der Waals surface area contributed by atoms with Gasteiger partial charge < -0.3 is 24.8 Å². The molecule has 6 nitrogen and oxygen atoms in total. The van der Waals surface area contributed by atoms with Gasteiger partial charge in [-0.3, -0.25) is 0 Å². The molecule has 1 atom stereocenters. The first-order chi connectivity index (χ1) is 15.5. The third-order valence-corrected chi connectivity index (χ3v) is 5.19. The summed E-state index contributed by atoms with van der Waals surface area (Å²) in [6.07, 6.45) is 1.29. The monoisotopic (exact) mass is 439 g/mol. The second-order valence-electron chi connectivity index (χ2n) is 8.44. The number of nitrogens with one attached hydrogen (secondary N) is 2. The summed E-state index contributed by atoms with van der Waals surface area (Å²) in [6, 6.07) is 14.7. The van der Waals surface area contributed by atoms with Gasteiger partial charge in [0.1, 0.15) is 11.9 Å². The van der Waals surface area contributed by atoms with Gasteiger partial charge in [0.25, 0.3) is 0 Å². The summed E-state index contributed by atoms with van der Waals surface area (Å²) in [5.74, 6) is 1.70. The zero-order chi connectivity index (χ0) is 22.8. The van der Waals surface area contributed by atoms with Crippen LogP contribution in [0.5, 0.6) is 5.75 Å². The molecule has 1 heterocycles. The molecular formula is C26H37N3O3. The quantitative estimate of drug-likeness (QED) is 0.426. The third-order valence-electron chi connectivity index (χ3n) is 5.19. The summed E-state index contributed by atoms with van der Waals surface area (Å²) in [5.41, 5.74) is 4.62. The Balaban J connectivity index is 1.63. The molecule has 174 valence electrons. The number of aliphatic imine (C=N–C) groups is 1. The average molecular weight is 440 g/mol. The molecule has 32 heavy (non-hydrogen) atoms. The summed E-state index contributed by atoms with van der Waals surface area (Å²) in [6.45, 7) is 12.3. The highest BCUT2D eigenvalue weighted by molar-refractivity contribution is 5.79. The molecule has 3 rings (SSSR count). The fourth-order valence-electron chi connectivity index (χ4n) is 3.47. The van der Waals surface area contributed by atoms with Crippen LogP contribution in [0, 0.1) is 6.92 Å². The molecule has 0 radical (unpaired) electrons. The molecule has 1 saturated heterocycles.